The third-order valence-corrected chi connectivity index (χ3v) is 3.35. The van der Waals surface area contributed by atoms with E-state index in [0.717, 1.165) is 17.0 Å². The van der Waals surface area contributed by atoms with Gasteiger partial charge in [0.05, 0.1) is 11.1 Å². The fourth-order valence-corrected chi connectivity index (χ4v) is 2.43. The predicted octanol–water partition coefficient (Wildman–Crippen LogP) is 4.23. The highest BCUT2D eigenvalue weighted by molar-refractivity contribution is 7.10. The summed E-state index contributed by atoms with van der Waals surface area (Å²) in [5, 5.41) is 10.4. The maximum atomic E-state index is 12.5. The number of halogens is 3. The molecule has 0 aliphatic carbocycles. The standard InChI is InChI=1S/C13H8F3NS/c14-13(15,16)11-3-1-2-9(4-11)5-12-6-10(7-17)8-18-12/h1-4,6,8H,5H2. The molecule has 2 aromatic rings. The second-order valence-corrected chi connectivity index (χ2v) is 4.78. The first-order valence-electron chi connectivity index (χ1n) is 5.12. The fourth-order valence-electron chi connectivity index (χ4n) is 1.59. The molecule has 92 valence electrons. The van der Waals surface area contributed by atoms with E-state index in [0.29, 0.717) is 17.5 Å². The van der Waals surface area contributed by atoms with Crippen LogP contribution in [0.15, 0.2) is 35.7 Å². The molecule has 0 saturated carbocycles. The van der Waals surface area contributed by atoms with Gasteiger partial charge in [0, 0.05) is 16.7 Å². The van der Waals surface area contributed by atoms with Crippen LogP contribution < -0.4 is 0 Å². The monoisotopic (exact) mass is 267 g/mol. The van der Waals surface area contributed by atoms with Crippen LogP contribution in [0.2, 0.25) is 0 Å². The second-order valence-electron chi connectivity index (χ2n) is 3.79. The van der Waals surface area contributed by atoms with Crippen molar-refractivity contribution in [2.24, 2.45) is 0 Å². The van der Waals surface area contributed by atoms with Crippen molar-refractivity contribution in [1.82, 2.24) is 0 Å². The van der Waals surface area contributed by atoms with Crippen LogP contribution in [0.5, 0.6) is 0 Å². The van der Waals surface area contributed by atoms with Crippen molar-refractivity contribution in [3.63, 3.8) is 0 Å². The molecule has 0 bridgehead atoms. The van der Waals surface area contributed by atoms with Crippen molar-refractivity contribution in [3.8, 4) is 6.07 Å². The molecule has 0 aliphatic heterocycles. The number of alkyl halides is 3. The van der Waals surface area contributed by atoms with Gasteiger partial charge in [0.1, 0.15) is 6.07 Å². The number of rotatable bonds is 2. The summed E-state index contributed by atoms with van der Waals surface area (Å²) in [6.45, 7) is 0. The largest absolute Gasteiger partial charge is 0.416 e. The van der Waals surface area contributed by atoms with Gasteiger partial charge < -0.3 is 0 Å². The molecule has 0 amide bonds. The smallest absolute Gasteiger partial charge is 0.192 e. The third-order valence-electron chi connectivity index (χ3n) is 2.42. The minimum absolute atomic E-state index is 0.413. The van der Waals surface area contributed by atoms with Crippen LogP contribution in [0.1, 0.15) is 21.6 Å². The van der Waals surface area contributed by atoms with Crippen LogP contribution in [0.25, 0.3) is 0 Å². The van der Waals surface area contributed by atoms with E-state index in [4.69, 9.17) is 5.26 Å². The summed E-state index contributed by atoms with van der Waals surface area (Å²) >= 11 is 1.38. The molecule has 0 fully saturated rings. The molecule has 0 aliphatic rings. The lowest BCUT2D eigenvalue weighted by Gasteiger charge is -2.07. The van der Waals surface area contributed by atoms with Gasteiger partial charge in [0.25, 0.3) is 0 Å². The van der Waals surface area contributed by atoms with E-state index < -0.39 is 11.7 Å². The van der Waals surface area contributed by atoms with Crippen LogP contribution in [0.3, 0.4) is 0 Å². The first-order chi connectivity index (χ1) is 8.49. The predicted molar refractivity (Wildman–Crippen MR) is 63.3 cm³/mol. The molecule has 0 radical (unpaired) electrons. The Balaban J connectivity index is 2.22. The highest BCUT2D eigenvalue weighted by Gasteiger charge is 2.30. The topological polar surface area (TPSA) is 23.8 Å². The summed E-state index contributed by atoms with van der Waals surface area (Å²) < 4.78 is 37.6. The number of benzene rings is 1. The van der Waals surface area contributed by atoms with Gasteiger partial charge in [-0.1, -0.05) is 18.2 Å². The summed E-state index contributed by atoms with van der Waals surface area (Å²) in [6.07, 6.45) is -3.90. The van der Waals surface area contributed by atoms with Crippen LogP contribution in [-0.2, 0) is 12.6 Å². The van der Waals surface area contributed by atoms with Gasteiger partial charge >= 0.3 is 6.18 Å². The van der Waals surface area contributed by atoms with Crippen LogP contribution in [-0.4, -0.2) is 0 Å². The summed E-state index contributed by atoms with van der Waals surface area (Å²) in [7, 11) is 0. The Hall–Kier alpha value is -1.80. The molecular formula is C13H8F3NS. The Bertz CT molecular complexity index is 593. The van der Waals surface area contributed by atoms with E-state index in [1.165, 1.54) is 17.4 Å². The maximum Gasteiger partial charge on any atom is 0.416 e. The molecule has 0 unspecified atom stereocenters. The lowest BCUT2D eigenvalue weighted by molar-refractivity contribution is -0.137. The second kappa shape index (κ2) is 4.83. The highest BCUT2D eigenvalue weighted by atomic mass is 32.1. The van der Waals surface area contributed by atoms with Gasteiger partial charge in [-0.05, 0) is 17.7 Å². The molecule has 1 aromatic heterocycles. The van der Waals surface area contributed by atoms with Crippen LogP contribution >= 0.6 is 11.3 Å². The number of nitriles is 1. The van der Waals surface area contributed by atoms with Crippen molar-refractivity contribution in [1.29, 1.82) is 5.26 Å². The molecule has 0 N–H and O–H groups in total. The minimum atomic E-state index is -4.32. The van der Waals surface area contributed by atoms with E-state index in [1.54, 1.807) is 17.5 Å². The third kappa shape index (κ3) is 2.90. The zero-order chi connectivity index (χ0) is 13.2. The Morgan fingerprint density at radius 1 is 1.22 bits per heavy atom. The molecule has 0 atom stereocenters. The maximum absolute atomic E-state index is 12.5. The Labute approximate surface area is 106 Å². The number of nitrogens with zero attached hydrogens (tertiary/aromatic N) is 1. The SMILES string of the molecule is N#Cc1csc(Cc2cccc(C(F)(F)F)c2)c1. The lowest BCUT2D eigenvalue weighted by atomic mass is 10.1. The average molecular weight is 267 g/mol. The molecule has 1 aromatic carbocycles. The van der Waals surface area contributed by atoms with Gasteiger partial charge in [-0.25, -0.2) is 0 Å². The zero-order valence-corrected chi connectivity index (χ0v) is 9.98. The average Bonchev–Trinajstić information content (AvgIpc) is 2.76. The Morgan fingerprint density at radius 3 is 2.61 bits per heavy atom. The van der Waals surface area contributed by atoms with Crippen LogP contribution in [0, 0.1) is 11.3 Å². The Morgan fingerprint density at radius 2 is 2.00 bits per heavy atom. The van der Waals surface area contributed by atoms with E-state index in [1.807, 2.05) is 6.07 Å². The van der Waals surface area contributed by atoms with Gasteiger partial charge in [0.2, 0.25) is 0 Å². The van der Waals surface area contributed by atoms with Crippen molar-refractivity contribution in [2.45, 2.75) is 12.6 Å². The van der Waals surface area contributed by atoms with E-state index in [-0.39, 0.29) is 0 Å². The molecule has 1 nitrogen and oxygen atoms in total. The first-order valence-corrected chi connectivity index (χ1v) is 6.00. The van der Waals surface area contributed by atoms with E-state index in [2.05, 4.69) is 0 Å². The van der Waals surface area contributed by atoms with E-state index in [9.17, 15) is 13.2 Å². The molecule has 0 spiro atoms. The summed E-state index contributed by atoms with van der Waals surface area (Å²) in [6, 6.07) is 8.95. The normalized spacial score (nSPS) is 11.2. The van der Waals surface area contributed by atoms with Gasteiger partial charge in [0.15, 0.2) is 0 Å². The molecule has 1 heterocycles. The van der Waals surface area contributed by atoms with Gasteiger partial charge in [-0.2, -0.15) is 18.4 Å². The number of hydrogen-bond acceptors (Lipinski definition) is 2. The summed E-state index contributed by atoms with van der Waals surface area (Å²) in [5.41, 5.74) is 0.496. The van der Waals surface area contributed by atoms with Crippen molar-refractivity contribution in [2.75, 3.05) is 0 Å². The van der Waals surface area contributed by atoms with Crippen molar-refractivity contribution < 1.29 is 13.2 Å². The minimum Gasteiger partial charge on any atom is -0.192 e. The van der Waals surface area contributed by atoms with Crippen LogP contribution in [0.4, 0.5) is 13.2 Å². The molecular weight excluding hydrogens is 259 g/mol. The summed E-state index contributed by atoms with van der Waals surface area (Å²) in [4.78, 5) is 0.880. The first kappa shape index (κ1) is 12.7. The molecule has 5 heteroatoms. The van der Waals surface area contributed by atoms with Crippen molar-refractivity contribution >= 4 is 11.3 Å². The molecule has 0 saturated heterocycles. The van der Waals surface area contributed by atoms with Gasteiger partial charge in [-0.15, -0.1) is 11.3 Å². The molecule has 18 heavy (non-hydrogen) atoms. The van der Waals surface area contributed by atoms with Gasteiger partial charge in [-0.3, -0.25) is 0 Å². The molecule has 2 rings (SSSR count). The van der Waals surface area contributed by atoms with Crippen molar-refractivity contribution in [3.05, 3.63) is 57.3 Å². The lowest BCUT2D eigenvalue weighted by Crippen LogP contribution is -2.05. The van der Waals surface area contributed by atoms with E-state index >= 15 is 0 Å². The Kier molecular flexibility index (Phi) is 3.39. The fraction of sp³-hybridized carbons (Fsp3) is 0.154. The summed E-state index contributed by atoms with van der Waals surface area (Å²) in [5.74, 6) is 0. The number of thiophene rings is 1. The number of hydrogen-bond donors (Lipinski definition) is 0. The zero-order valence-electron chi connectivity index (χ0n) is 9.16. The highest BCUT2D eigenvalue weighted by Crippen LogP contribution is 2.30. The quantitative estimate of drug-likeness (QED) is 0.798.